The Bertz CT molecular complexity index is 1430. The Morgan fingerprint density at radius 3 is 2.45 bits per heavy atom. The zero-order valence-electron chi connectivity index (χ0n) is 17.5. The number of benzene rings is 2. The molecule has 0 unspecified atom stereocenters. The predicted octanol–water partition coefficient (Wildman–Crippen LogP) is 3.13. The molecular formula is C24H21N5O2. The van der Waals surface area contributed by atoms with Crippen molar-refractivity contribution in [3.05, 3.63) is 98.5 Å². The van der Waals surface area contributed by atoms with Crippen LogP contribution in [0.15, 0.2) is 70.4 Å². The van der Waals surface area contributed by atoms with Crippen LogP contribution in [0.1, 0.15) is 23.7 Å². The SMILES string of the molecule is CCc1cccc(-n2c(C)c(-c3ccnn3-c3ccc(C#N)cc3)c(=O)n(C)c2=O)c1. The molecule has 0 spiro atoms. The van der Waals surface area contributed by atoms with Crippen molar-refractivity contribution >= 4 is 0 Å². The monoisotopic (exact) mass is 411 g/mol. The first kappa shape index (κ1) is 20.1. The first-order valence-electron chi connectivity index (χ1n) is 9.93. The Kier molecular flexibility index (Phi) is 5.14. The van der Waals surface area contributed by atoms with Crippen molar-refractivity contribution < 1.29 is 0 Å². The first-order chi connectivity index (χ1) is 15.0. The van der Waals surface area contributed by atoms with Crippen LogP contribution < -0.4 is 11.2 Å². The van der Waals surface area contributed by atoms with Crippen LogP contribution in [0, 0.1) is 18.3 Å². The van der Waals surface area contributed by atoms with E-state index >= 15 is 0 Å². The van der Waals surface area contributed by atoms with E-state index in [1.807, 2.05) is 24.3 Å². The molecule has 31 heavy (non-hydrogen) atoms. The standard InChI is InChI=1S/C24H21N5O2/c1-4-17-6-5-7-20(14-17)28-16(2)22(23(30)27(3)24(28)31)21-12-13-26-29(21)19-10-8-18(15-25)9-11-19/h5-14H,4H2,1-3H3. The van der Waals surface area contributed by atoms with E-state index < -0.39 is 5.69 Å². The van der Waals surface area contributed by atoms with Crippen molar-refractivity contribution in [3.63, 3.8) is 0 Å². The van der Waals surface area contributed by atoms with Crippen LogP contribution in [0.2, 0.25) is 0 Å². The summed E-state index contributed by atoms with van der Waals surface area (Å²) >= 11 is 0. The Hall–Kier alpha value is -4.18. The highest BCUT2D eigenvalue weighted by Gasteiger charge is 2.20. The molecule has 7 heteroatoms. The maximum Gasteiger partial charge on any atom is 0.335 e. The molecule has 4 aromatic rings. The van der Waals surface area contributed by atoms with E-state index in [0.29, 0.717) is 33.9 Å². The highest BCUT2D eigenvalue weighted by Crippen LogP contribution is 2.24. The van der Waals surface area contributed by atoms with E-state index in [4.69, 9.17) is 5.26 Å². The van der Waals surface area contributed by atoms with Gasteiger partial charge in [0.05, 0.1) is 40.5 Å². The van der Waals surface area contributed by atoms with Gasteiger partial charge in [-0.15, -0.1) is 0 Å². The number of aryl methyl sites for hydroxylation is 1. The number of nitrogens with zero attached hydrogens (tertiary/aromatic N) is 5. The third-order valence-corrected chi connectivity index (χ3v) is 5.41. The number of hydrogen-bond acceptors (Lipinski definition) is 4. The Morgan fingerprint density at radius 1 is 1.03 bits per heavy atom. The molecule has 0 radical (unpaired) electrons. The normalized spacial score (nSPS) is 10.8. The van der Waals surface area contributed by atoms with Crippen LogP contribution in [0.25, 0.3) is 22.6 Å². The van der Waals surface area contributed by atoms with Gasteiger partial charge in [-0.1, -0.05) is 19.1 Å². The Labute approximate surface area is 179 Å². The molecule has 2 aromatic heterocycles. The quantitative estimate of drug-likeness (QED) is 0.516. The fourth-order valence-electron chi connectivity index (χ4n) is 3.70. The average Bonchev–Trinajstić information content (AvgIpc) is 3.27. The molecule has 0 amide bonds. The molecule has 7 nitrogen and oxygen atoms in total. The summed E-state index contributed by atoms with van der Waals surface area (Å²) in [6, 6.07) is 18.5. The van der Waals surface area contributed by atoms with Gasteiger partial charge in [0.1, 0.15) is 0 Å². The predicted molar refractivity (Wildman–Crippen MR) is 119 cm³/mol. The van der Waals surface area contributed by atoms with Crippen LogP contribution in [0.4, 0.5) is 0 Å². The van der Waals surface area contributed by atoms with Gasteiger partial charge in [-0.25, -0.2) is 9.48 Å². The molecule has 154 valence electrons. The maximum absolute atomic E-state index is 13.2. The van der Waals surface area contributed by atoms with Gasteiger partial charge in [0.15, 0.2) is 0 Å². The van der Waals surface area contributed by atoms with Gasteiger partial charge < -0.3 is 0 Å². The van der Waals surface area contributed by atoms with Crippen molar-refractivity contribution in [1.29, 1.82) is 5.26 Å². The molecule has 0 aliphatic carbocycles. The molecule has 0 bridgehead atoms. The summed E-state index contributed by atoms with van der Waals surface area (Å²) in [4.78, 5) is 26.2. The van der Waals surface area contributed by atoms with E-state index in [1.54, 1.807) is 52.7 Å². The second-order valence-corrected chi connectivity index (χ2v) is 7.25. The summed E-state index contributed by atoms with van der Waals surface area (Å²) in [5, 5.41) is 13.4. The van der Waals surface area contributed by atoms with Crippen molar-refractivity contribution in [2.75, 3.05) is 0 Å². The molecule has 0 saturated heterocycles. The molecule has 0 N–H and O–H groups in total. The highest BCUT2D eigenvalue weighted by atomic mass is 16.2. The van der Waals surface area contributed by atoms with Crippen LogP contribution >= 0.6 is 0 Å². The number of aromatic nitrogens is 4. The minimum absolute atomic E-state index is 0.388. The van der Waals surface area contributed by atoms with E-state index in [-0.39, 0.29) is 5.56 Å². The molecule has 0 aliphatic rings. The lowest BCUT2D eigenvalue weighted by atomic mass is 10.1. The lowest BCUT2D eigenvalue weighted by Gasteiger charge is -2.17. The van der Waals surface area contributed by atoms with Gasteiger partial charge in [0.25, 0.3) is 5.56 Å². The third-order valence-electron chi connectivity index (χ3n) is 5.41. The van der Waals surface area contributed by atoms with Gasteiger partial charge in [0.2, 0.25) is 0 Å². The fraction of sp³-hybridized carbons (Fsp3) is 0.167. The zero-order valence-corrected chi connectivity index (χ0v) is 17.5. The van der Waals surface area contributed by atoms with Crippen LogP contribution in [0.3, 0.4) is 0 Å². The molecular weight excluding hydrogens is 390 g/mol. The lowest BCUT2D eigenvalue weighted by molar-refractivity contribution is 0.713. The molecule has 4 rings (SSSR count). The molecule has 0 aliphatic heterocycles. The van der Waals surface area contributed by atoms with Gasteiger partial charge >= 0.3 is 5.69 Å². The summed E-state index contributed by atoms with van der Waals surface area (Å²) in [6.07, 6.45) is 2.45. The largest absolute Gasteiger partial charge is 0.335 e. The van der Waals surface area contributed by atoms with Gasteiger partial charge in [-0.05, 0) is 61.4 Å². The van der Waals surface area contributed by atoms with E-state index in [9.17, 15) is 9.59 Å². The fourth-order valence-corrected chi connectivity index (χ4v) is 3.70. The molecule has 0 fully saturated rings. The molecule has 2 heterocycles. The summed E-state index contributed by atoms with van der Waals surface area (Å²) < 4.78 is 4.32. The highest BCUT2D eigenvalue weighted by molar-refractivity contribution is 5.64. The first-order valence-corrected chi connectivity index (χ1v) is 9.93. The summed E-state index contributed by atoms with van der Waals surface area (Å²) in [7, 11) is 1.48. The third kappa shape index (κ3) is 3.38. The van der Waals surface area contributed by atoms with Crippen molar-refractivity contribution in [2.45, 2.75) is 20.3 Å². The maximum atomic E-state index is 13.2. The molecule has 2 aromatic carbocycles. The van der Waals surface area contributed by atoms with E-state index in [0.717, 1.165) is 16.6 Å². The minimum atomic E-state index is -0.399. The summed E-state index contributed by atoms with van der Waals surface area (Å²) in [5.41, 5.74) is 3.78. The number of rotatable bonds is 4. The second-order valence-electron chi connectivity index (χ2n) is 7.25. The van der Waals surface area contributed by atoms with Crippen molar-refractivity contribution in [3.8, 4) is 28.7 Å². The zero-order chi connectivity index (χ0) is 22.1. The minimum Gasteiger partial charge on any atom is -0.268 e. The van der Waals surface area contributed by atoms with Crippen LogP contribution in [-0.2, 0) is 13.5 Å². The molecule has 0 saturated carbocycles. The Balaban J connectivity index is 1.98. The number of hydrogen-bond donors (Lipinski definition) is 0. The topological polar surface area (TPSA) is 85.6 Å². The summed E-state index contributed by atoms with van der Waals surface area (Å²) in [6.45, 7) is 3.82. The van der Waals surface area contributed by atoms with Crippen LogP contribution in [-0.4, -0.2) is 18.9 Å². The van der Waals surface area contributed by atoms with Gasteiger partial charge in [-0.2, -0.15) is 10.4 Å². The Morgan fingerprint density at radius 2 is 1.77 bits per heavy atom. The average molecular weight is 411 g/mol. The lowest BCUT2D eigenvalue weighted by Crippen LogP contribution is -2.40. The van der Waals surface area contributed by atoms with Crippen molar-refractivity contribution in [2.24, 2.45) is 7.05 Å². The second kappa shape index (κ2) is 7.92. The van der Waals surface area contributed by atoms with Gasteiger partial charge in [0, 0.05) is 12.7 Å². The molecule has 0 atom stereocenters. The van der Waals surface area contributed by atoms with E-state index in [1.165, 1.54) is 7.05 Å². The summed E-state index contributed by atoms with van der Waals surface area (Å²) in [5.74, 6) is 0. The smallest absolute Gasteiger partial charge is 0.268 e. The van der Waals surface area contributed by atoms with Crippen molar-refractivity contribution in [1.82, 2.24) is 18.9 Å². The number of nitriles is 1. The van der Waals surface area contributed by atoms with E-state index in [2.05, 4.69) is 18.1 Å². The van der Waals surface area contributed by atoms with Gasteiger partial charge in [-0.3, -0.25) is 13.9 Å². The van der Waals surface area contributed by atoms with Crippen LogP contribution in [0.5, 0.6) is 0 Å².